The van der Waals surface area contributed by atoms with Crippen LogP contribution in [-0.4, -0.2) is 29.0 Å². The monoisotopic (exact) mass is 312 g/mol. The van der Waals surface area contributed by atoms with Crippen molar-refractivity contribution in [2.45, 2.75) is 13.8 Å². The highest BCUT2D eigenvalue weighted by molar-refractivity contribution is 6.33. The second-order valence-electron chi connectivity index (χ2n) is 4.69. The molecule has 106 valence electrons. The second kappa shape index (κ2) is 5.07. The van der Waals surface area contributed by atoms with Crippen LogP contribution in [0.5, 0.6) is 0 Å². The van der Waals surface area contributed by atoms with Crippen molar-refractivity contribution in [1.29, 1.82) is 0 Å². The predicted molar refractivity (Wildman–Crippen MR) is 83.2 cm³/mol. The fourth-order valence-electron chi connectivity index (χ4n) is 2.20. The van der Waals surface area contributed by atoms with Crippen molar-refractivity contribution in [3.63, 3.8) is 0 Å². The van der Waals surface area contributed by atoms with Crippen LogP contribution in [0.3, 0.4) is 0 Å². The maximum absolute atomic E-state index is 6.26. The number of rotatable bonds is 1. The van der Waals surface area contributed by atoms with E-state index in [0.717, 1.165) is 28.0 Å². The van der Waals surface area contributed by atoms with E-state index in [1.165, 1.54) is 6.33 Å². The summed E-state index contributed by atoms with van der Waals surface area (Å²) in [5.41, 5.74) is 3.63. The first-order chi connectivity index (χ1) is 9.00. The molecule has 0 fully saturated rings. The molecule has 20 heavy (non-hydrogen) atoms. The van der Waals surface area contributed by atoms with E-state index in [1.807, 2.05) is 32.8 Å². The molecule has 0 spiro atoms. The fourth-order valence-corrected chi connectivity index (χ4v) is 2.34. The Hall–Kier alpha value is -1.59. The molecule has 7 heteroatoms. The number of nitrogens with zero attached hydrogens (tertiary/aromatic N) is 4. The molecule has 3 aromatic heterocycles. The third-order valence-corrected chi connectivity index (χ3v) is 3.71. The van der Waals surface area contributed by atoms with Gasteiger partial charge in [-0.05, 0) is 19.4 Å². The summed E-state index contributed by atoms with van der Waals surface area (Å²) in [5.74, 6) is 0.733. The number of hydrogen-bond donors (Lipinski definition) is 0. The predicted octanol–water partition coefficient (Wildman–Crippen LogP) is 3.53. The molecule has 0 saturated heterocycles. The molecule has 0 amide bonds. The Morgan fingerprint density at radius 1 is 1.20 bits per heavy atom. The van der Waals surface area contributed by atoms with Crippen LogP contribution in [0.2, 0.25) is 5.02 Å². The van der Waals surface area contributed by atoms with Gasteiger partial charge in [0.2, 0.25) is 5.71 Å². The third kappa shape index (κ3) is 1.98. The van der Waals surface area contributed by atoms with Gasteiger partial charge in [-0.25, -0.2) is 15.0 Å². The first-order valence-electron chi connectivity index (χ1n) is 5.88. The summed E-state index contributed by atoms with van der Waals surface area (Å²) in [4.78, 5) is 14.8. The number of fused-ring (bicyclic) bond motifs is 3. The molecular formula is C13H14Cl2N4O. The lowest BCUT2D eigenvalue weighted by molar-refractivity contribution is 0.648. The van der Waals surface area contributed by atoms with Crippen molar-refractivity contribution in [2.24, 2.45) is 0 Å². The first-order valence-corrected chi connectivity index (χ1v) is 6.25. The average Bonchev–Trinajstić information content (AvgIpc) is 2.73. The van der Waals surface area contributed by atoms with Crippen molar-refractivity contribution in [2.75, 3.05) is 19.0 Å². The standard InChI is InChI=1S/C13H13ClN4O.ClH/c1-6-8-10-11(12(18(3)4)16-5-15-10)19-13(8)17-7(2)9(6)14;/h5H,1-4H3;1H. The van der Waals surface area contributed by atoms with E-state index in [2.05, 4.69) is 15.0 Å². The number of aryl methyl sites for hydroxylation is 2. The highest BCUT2D eigenvalue weighted by Gasteiger charge is 2.19. The molecule has 0 aliphatic rings. The highest BCUT2D eigenvalue weighted by Crippen LogP contribution is 2.35. The Balaban J connectivity index is 0.00000147. The summed E-state index contributed by atoms with van der Waals surface area (Å²) < 4.78 is 5.83. The van der Waals surface area contributed by atoms with Gasteiger partial charge in [0, 0.05) is 14.1 Å². The van der Waals surface area contributed by atoms with Crippen LogP contribution in [0, 0.1) is 13.8 Å². The van der Waals surface area contributed by atoms with Crippen molar-refractivity contribution in [3.05, 3.63) is 22.6 Å². The van der Waals surface area contributed by atoms with Crippen LogP contribution in [0.4, 0.5) is 5.82 Å². The van der Waals surface area contributed by atoms with E-state index < -0.39 is 0 Å². The maximum atomic E-state index is 6.26. The number of hydrogen-bond acceptors (Lipinski definition) is 5. The topological polar surface area (TPSA) is 55.1 Å². The summed E-state index contributed by atoms with van der Waals surface area (Å²) >= 11 is 6.26. The zero-order valence-corrected chi connectivity index (χ0v) is 13.1. The van der Waals surface area contributed by atoms with Gasteiger partial charge in [0.1, 0.15) is 11.8 Å². The van der Waals surface area contributed by atoms with E-state index in [4.69, 9.17) is 16.0 Å². The molecule has 0 saturated carbocycles. The van der Waals surface area contributed by atoms with Crippen LogP contribution in [0.25, 0.3) is 22.2 Å². The Morgan fingerprint density at radius 2 is 1.90 bits per heavy atom. The third-order valence-electron chi connectivity index (χ3n) is 3.15. The lowest BCUT2D eigenvalue weighted by Crippen LogP contribution is -2.10. The van der Waals surface area contributed by atoms with Crippen molar-refractivity contribution < 1.29 is 4.42 Å². The minimum absolute atomic E-state index is 0. The molecule has 0 bridgehead atoms. The molecule has 0 radical (unpaired) electrons. The first kappa shape index (κ1) is 14.8. The molecule has 3 rings (SSSR count). The van der Waals surface area contributed by atoms with Gasteiger partial charge in [-0.3, -0.25) is 0 Å². The molecule has 3 aromatic rings. The number of anilines is 1. The minimum Gasteiger partial charge on any atom is -0.432 e. The molecule has 0 aromatic carbocycles. The van der Waals surface area contributed by atoms with Gasteiger partial charge in [0.25, 0.3) is 0 Å². The largest absolute Gasteiger partial charge is 0.432 e. The number of pyridine rings is 1. The Kier molecular flexibility index (Phi) is 3.75. The molecule has 0 N–H and O–H groups in total. The van der Waals surface area contributed by atoms with Gasteiger partial charge in [-0.2, -0.15) is 0 Å². The number of furan rings is 1. The van der Waals surface area contributed by atoms with Crippen molar-refractivity contribution in [3.8, 4) is 0 Å². The van der Waals surface area contributed by atoms with Crippen molar-refractivity contribution >= 4 is 52.0 Å². The second-order valence-corrected chi connectivity index (χ2v) is 5.07. The maximum Gasteiger partial charge on any atom is 0.229 e. The van der Waals surface area contributed by atoms with Gasteiger partial charge < -0.3 is 9.32 Å². The lowest BCUT2D eigenvalue weighted by Gasteiger charge is -2.09. The summed E-state index contributed by atoms with van der Waals surface area (Å²) in [6.07, 6.45) is 1.53. The fraction of sp³-hybridized carbons (Fsp3) is 0.308. The molecule has 0 aliphatic heterocycles. The zero-order chi connectivity index (χ0) is 13.7. The Bertz CT molecular complexity index is 798. The zero-order valence-electron chi connectivity index (χ0n) is 11.6. The summed E-state index contributed by atoms with van der Waals surface area (Å²) in [7, 11) is 3.82. The van der Waals surface area contributed by atoms with E-state index in [-0.39, 0.29) is 12.4 Å². The summed E-state index contributed by atoms with van der Waals surface area (Å²) in [5, 5.41) is 1.51. The van der Waals surface area contributed by atoms with E-state index in [1.54, 1.807) is 0 Å². The Morgan fingerprint density at radius 3 is 2.55 bits per heavy atom. The molecule has 3 heterocycles. The van der Waals surface area contributed by atoms with Gasteiger partial charge in [-0.15, -0.1) is 12.4 Å². The average molecular weight is 313 g/mol. The summed E-state index contributed by atoms with van der Waals surface area (Å²) in [6, 6.07) is 0. The summed E-state index contributed by atoms with van der Waals surface area (Å²) in [6.45, 7) is 3.81. The molecule has 5 nitrogen and oxygen atoms in total. The van der Waals surface area contributed by atoms with Crippen LogP contribution in [-0.2, 0) is 0 Å². The quantitative estimate of drug-likeness (QED) is 0.688. The van der Waals surface area contributed by atoms with E-state index >= 15 is 0 Å². The van der Waals surface area contributed by atoms with E-state index in [0.29, 0.717) is 16.3 Å². The minimum atomic E-state index is 0. The van der Waals surface area contributed by atoms with Crippen LogP contribution >= 0.6 is 24.0 Å². The lowest BCUT2D eigenvalue weighted by atomic mass is 10.1. The van der Waals surface area contributed by atoms with E-state index in [9.17, 15) is 0 Å². The molecule has 0 unspecified atom stereocenters. The molecule has 0 aliphatic carbocycles. The SMILES string of the molecule is Cc1nc2oc3c(N(C)C)ncnc3c2c(C)c1Cl.Cl. The van der Waals surface area contributed by atoms with Gasteiger partial charge in [0.15, 0.2) is 11.4 Å². The Labute approximate surface area is 127 Å². The molecular weight excluding hydrogens is 299 g/mol. The number of halogens is 2. The highest BCUT2D eigenvalue weighted by atomic mass is 35.5. The smallest absolute Gasteiger partial charge is 0.229 e. The van der Waals surface area contributed by atoms with Gasteiger partial charge in [-0.1, -0.05) is 11.6 Å². The van der Waals surface area contributed by atoms with Gasteiger partial charge >= 0.3 is 0 Å². The van der Waals surface area contributed by atoms with Crippen LogP contribution < -0.4 is 4.90 Å². The molecule has 0 atom stereocenters. The number of aromatic nitrogens is 3. The van der Waals surface area contributed by atoms with Crippen LogP contribution in [0.15, 0.2) is 10.7 Å². The van der Waals surface area contributed by atoms with Crippen molar-refractivity contribution in [1.82, 2.24) is 15.0 Å². The van der Waals surface area contributed by atoms with Crippen LogP contribution in [0.1, 0.15) is 11.3 Å². The van der Waals surface area contributed by atoms with Gasteiger partial charge in [0.05, 0.1) is 16.1 Å². The normalized spacial score (nSPS) is 10.8.